The van der Waals surface area contributed by atoms with E-state index < -0.39 is 10.0 Å². The van der Waals surface area contributed by atoms with Crippen LogP contribution in [0, 0.1) is 0 Å². The van der Waals surface area contributed by atoms with Crippen LogP contribution in [0.2, 0.25) is 0 Å². The van der Waals surface area contributed by atoms with Crippen LogP contribution in [0.3, 0.4) is 0 Å². The normalized spacial score (nSPS) is 24.6. The van der Waals surface area contributed by atoms with Crippen LogP contribution in [-0.2, 0) is 14.8 Å². The standard InChI is InChI=1S/C11H20N2O3S2/c12-11(17)5-6-13(9-3-4-9)18(14,15)8-10-2-1-7-16-10/h9-10H,1-8H2,(H2,12,17). The highest BCUT2D eigenvalue weighted by Crippen LogP contribution is 2.30. The minimum absolute atomic E-state index is 0.0980. The summed E-state index contributed by atoms with van der Waals surface area (Å²) in [5.41, 5.74) is 5.45. The van der Waals surface area contributed by atoms with Crippen LogP contribution in [0.25, 0.3) is 0 Å². The van der Waals surface area contributed by atoms with Gasteiger partial charge in [0.15, 0.2) is 0 Å². The third-order valence-corrected chi connectivity index (χ3v) is 5.50. The van der Waals surface area contributed by atoms with E-state index in [9.17, 15) is 8.42 Å². The third kappa shape index (κ3) is 3.88. The number of ether oxygens (including phenoxy) is 1. The molecule has 2 rings (SSSR count). The highest BCUT2D eigenvalue weighted by atomic mass is 32.2. The van der Waals surface area contributed by atoms with Crippen LogP contribution in [0.15, 0.2) is 0 Å². The van der Waals surface area contributed by atoms with Crippen molar-refractivity contribution in [3.8, 4) is 0 Å². The highest BCUT2D eigenvalue weighted by Gasteiger charge is 2.38. The molecule has 0 aromatic rings. The van der Waals surface area contributed by atoms with E-state index in [0.29, 0.717) is 24.6 Å². The van der Waals surface area contributed by atoms with Crippen molar-refractivity contribution in [3.63, 3.8) is 0 Å². The molecular formula is C11H20N2O3S2. The minimum Gasteiger partial charge on any atom is -0.393 e. The van der Waals surface area contributed by atoms with Gasteiger partial charge in [0.2, 0.25) is 10.0 Å². The molecule has 1 heterocycles. The molecule has 1 saturated heterocycles. The average Bonchev–Trinajstić information content (AvgIpc) is 2.96. The molecule has 2 fully saturated rings. The van der Waals surface area contributed by atoms with Crippen LogP contribution < -0.4 is 5.73 Å². The monoisotopic (exact) mass is 292 g/mol. The van der Waals surface area contributed by atoms with Crippen molar-refractivity contribution in [1.29, 1.82) is 0 Å². The van der Waals surface area contributed by atoms with Crippen molar-refractivity contribution in [2.24, 2.45) is 5.73 Å². The summed E-state index contributed by atoms with van der Waals surface area (Å²) in [6.07, 6.45) is 4.01. The zero-order valence-corrected chi connectivity index (χ0v) is 12.0. The number of nitrogens with two attached hydrogens (primary N) is 1. The topological polar surface area (TPSA) is 72.6 Å². The summed E-state index contributed by atoms with van der Waals surface area (Å²) in [6.45, 7) is 1.09. The molecule has 0 amide bonds. The van der Waals surface area contributed by atoms with Crippen LogP contribution in [0.4, 0.5) is 0 Å². The van der Waals surface area contributed by atoms with E-state index in [4.69, 9.17) is 22.7 Å². The molecule has 5 nitrogen and oxygen atoms in total. The maximum absolute atomic E-state index is 12.3. The van der Waals surface area contributed by atoms with Gasteiger partial charge in [0, 0.05) is 25.6 Å². The molecule has 2 aliphatic rings. The fourth-order valence-electron chi connectivity index (χ4n) is 2.24. The van der Waals surface area contributed by atoms with E-state index >= 15 is 0 Å². The van der Waals surface area contributed by atoms with Crippen molar-refractivity contribution in [1.82, 2.24) is 4.31 Å². The molecule has 104 valence electrons. The molecule has 0 spiro atoms. The van der Waals surface area contributed by atoms with Gasteiger partial charge in [-0.05, 0) is 25.7 Å². The van der Waals surface area contributed by atoms with Gasteiger partial charge in [-0.3, -0.25) is 0 Å². The minimum atomic E-state index is -3.25. The SMILES string of the molecule is NC(=S)CCN(C1CC1)S(=O)(=O)CC1CCCO1. The van der Waals surface area contributed by atoms with Gasteiger partial charge in [0.1, 0.15) is 0 Å². The Morgan fingerprint density at radius 2 is 2.11 bits per heavy atom. The first-order valence-corrected chi connectivity index (χ1v) is 8.40. The Morgan fingerprint density at radius 1 is 1.39 bits per heavy atom. The number of hydrogen-bond donors (Lipinski definition) is 1. The number of sulfonamides is 1. The molecule has 7 heteroatoms. The van der Waals surface area contributed by atoms with E-state index in [1.54, 1.807) is 4.31 Å². The summed E-state index contributed by atoms with van der Waals surface area (Å²) in [7, 11) is -3.25. The maximum atomic E-state index is 12.3. The zero-order valence-electron chi connectivity index (χ0n) is 10.4. The summed E-state index contributed by atoms with van der Waals surface area (Å²) >= 11 is 4.82. The first-order valence-electron chi connectivity index (χ1n) is 6.38. The fourth-order valence-corrected chi connectivity index (χ4v) is 4.29. The van der Waals surface area contributed by atoms with Gasteiger partial charge in [-0.2, -0.15) is 4.31 Å². The van der Waals surface area contributed by atoms with Crippen LogP contribution in [-0.4, -0.2) is 48.8 Å². The van der Waals surface area contributed by atoms with E-state index in [0.717, 1.165) is 25.7 Å². The Balaban J connectivity index is 1.96. The predicted octanol–water partition coefficient (Wildman–Crippen LogP) is 0.636. The quantitative estimate of drug-likeness (QED) is 0.697. The summed E-state index contributed by atoms with van der Waals surface area (Å²) in [5.74, 6) is 0.0980. The van der Waals surface area contributed by atoms with Crippen molar-refractivity contribution in [3.05, 3.63) is 0 Å². The van der Waals surface area contributed by atoms with Gasteiger partial charge in [0.05, 0.1) is 16.8 Å². The molecule has 0 radical (unpaired) electrons. The van der Waals surface area contributed by atoms with Crippen molar-refractivity contribution in [2.75, 3.05) is 18.9 Å². The second kappa shape index (κ2) is 5.81. The van der Waals surface area contributed by atoms with Gasteiger partial charge in [-0.25, -0.2) is 8.42 Å². The molecule has 18 heavy (non-hydrogen) atoms. The van der Waals surface area contributed by atoms with E-state index in [2.05, 4.69) is 0 Å². The Hall–Kier alpha value is -0.240. The molecule has 1 aliphatic heterocycles. The van der Waals surface area contributed by atoms with Gasteiger partial charge in [-0.1, -0.05) is 12.2 Å². The molecule has 2 N–H and O–H groups in total. The second-order valence-electron chi connectivity index (χ2n) is 4.97. The van der Waals surface area contributed by atoms with E-state index in [-0.39, 0.29) is 17.9 Å². The summed E-state index contributed by atoms with van der Waals surface area (Å²) in [5, 5.41) is 0. The first kappa shape index (κ1) is 14.2. The number of nitrogens with zero attached hydrogens (tertiary/aromatic N) is 1. The lowest BCUT2D eigenvalue weighted by atomic mass is 10.3. The predicted molar refractivity (Wildman–Crippen MR) is 73.9 cm³/mol. The largest absolute Gasteiger partial charge is 0.393 e. The molecule has 1 saturated carbocycles. The Kier molecular flexibility index (Phi) is 4.58. The number of thiocarbonyl (C=S) groups is 1. The smallest absolute Gasteiger partial charge is 0.216 e. The lowest BCUT2D eigenvalue weighted by Crippen LogP contribution is -2.39. The number of hydrogen-bond acceptors (Lipinski definition) is 4. The van der Waals surface area contributed by atoms with Crippen LogP contribution >= 0.6 is 12.2 Å². The maximum Gasteiger partial charge on any atom is 0.216 e. The Labute approximate surface area is 114 Å². The Bertz CT molecular complexity index is 401. The molecule has 1 atom stereocenters. The molecular weight excluding hydrogens is 272 g/mol. The van der Waals surface area contributed by atoms with E-state index in [1.807, 2.05) is 0 Å². The van der Waals surface area contributed by atoms with Gasteiger partial charge >= 0.3 is 0 Å². The lowest BCUT2D eigenvalue weighted by Gasteiger charge is -2.23. The van der Waals surface area contributed by atoms with Crippen LogP contribution in [0.1, 0.15) is 32.1 Å². The molecule has 0 aromatic carbocycles. The highest BCUT2D eigenvalue weighted by molar-refractivity contribution is 7.89. The zero-order chi connectivity index (χ0) is 13.2. The molecule has 1 aliphatic carbocycles. The van der Waals surface area contributed by atoms with E-state index in [1.165, 1.54) is 0 Å². The van der Waals surface area contributed by atoms with Gasteiger partial charge in [-0.15, -0.1) is 0 Å². The second-order valence-corrected chi connectivity index (χ2v) is 7.46. The first-order chi connectivity index (χ1) is 8.49. The fraction of sp³-hybridized carbons (Fsp3) is 0.909. The number of rotatable bonds is 7. The van der Waals surface area contributed by atoms with Crippen LogP contribution in [0.5, 0.6) is 0 Å². The van der Waals surface area contributed by atoms with Gasteiger partial charge in [0.25, 0.3) is 0 Å². The Morgan fingerprint density at radius 3 is 2.61 bits per heavy atom. The van der Waals surface area contributed by atoms with Crippen molar-refractivity contribution in [2.45, 2.75) is 44.2 Å². The van der Waals surface area contributed by atoms with Crippen molar-refractivity contribution < 1.29 is 13.2 Å². The lowest BCUT2D eigenvalue weighted by molar-refractivity contribution is 0.126. The average molecular weight is 292 g/mol. The molecule has 0 aromatic heterocycles. The molecule has 0 bridgehead atoms. The third-order valence-electron chi connectivity index (χ3n) is 3.31. The molecule has 1 unspecified atom stereocenters. The van der Waals surface area contributed by atoms with Gasteiger partial charge < -0.3 is 10.5 Å². The van der Waals surface area contributed by atoms with Crippen molar-refractivity contribution >= 4 is 27.2 Å². The summed E-state index contributed by atoms with van der Waals surface area (Å²) in [4.78, 5) is 0.368. The summed E-state index contributed by atoms with van der Waals surface area (Å²) < 4.78 is 31.7. The summed E-state index contributed by atoms with van der Waals surface area (Å²) in [6, 6.07) is 0.158.